The molecule has 1 aromatic heterocycles. The van der Waals surface area contributed by atoms with Crippen LogP contribution in [0.1, 0.15) is 66.1 Å². The van der Waals surface area contributed by atoms with Gasteiger partial charge in [0.15, 0.2) is 5.82 Å². The van der Waals surface area contributed by atoms with Crippen LogP contribution in [0.2, 0.25) is 0 Å². The number of hydrogen-bond acceptors (Lipinski definition) is 9. The molecule has 1 N–H and O–H groups in total. The number of aryl methyl sites for hydroxylation is 1. The summed E-state index contributed by atoms with van der Waals surface area (Å²) in [7, 11) is 5.43. The van der Waals surface area contributed by atoms with Crippen LogP contribution in [0, 0.1) is 22.2 Å². The van der Waals surface area contributed by atoms with E-state index in [0.717, 1.165) is 73.8 Å². The number of amides is 1. The summed E-state index contributed by atoms with van der Waals surface area (Å²) in [6.45, 7) is 10.1. The molecule has 3 aromatic carbocycles. The first-order valence-electron chi connectivity index (χ1n) is 19.9. The SMILES string of the molecule is COc1ccc(CN(Cc2ccc(OC)cc2)c2cc(C)c(I)c([C@H]3Cc4nc(OC[C@@H]5CCCN5C)nc(N5CCN(C(=O)O)C[C@@H]5C)c4C[C@@H]3C)c2F)cc1. The van der Waals surface area contributed by atoms with Gasteiger partial charge < -0.3 is 38.9 Å². The summed E-state index contributed by atoms with van der Waals surface area (Å²) in [6.07, 6.45) is 2.47. The van der Waals surface area contributed by atoms with E-state index in [0.29, 0.717) is 69.9 Å². The normalized spacial score (nSPS) is 21.0. The van der Waals surface area contributed by atoms with E-state index >= 15 is 4.39 Å². The molecule has 11 nitrogen and oxygen atoms in total. The Morgan fingerprint density at radius 2 is 1.61 bits per heavy atom. The molecule has 4 atom stereocenters. The fourth-order valence-corrected chi connectivity index (χ4v) is 9.50. The molecule has 1 aliphatic carbocycles. The summed E-state index contributed by atoms with van der Waals surface area (Å²) < 4.78 is 35.8. The maximum Gasteiger partial charge on any atom is 0.407 e. The van der Waals surface area contributed by atoms with Gasteiger partial charge in [0.25, 0.3) is 0 Å². The van der Waals surface area contributed by atoms with Gasteiger partial charge in [0.05, 0.1) is 25.6 Å². The molecule has 0 saturated carbocycles. The van der Waals surface area contributed by atoms with E-state index in [1.54, 1.807) is 14.2 Å². The predicted octanol–water partition coefficient (Wildman–Crippen LogP) is 7.93. The molecule has 3 aliphatic rings. The molecule has 3 heterocycles. The number of rotatable bonds is 12. The number of aromatic nitrogens is 2. The third-order valence-electron chi connectivity index (χ3n) is 12.1. The molecule has 2 aliphatic heterocycles. The van der Waals surface area contributed by atoms with Crippen molar-refractivity contribution in [1.29, 1.82) is 0 Å². The number of hydrogen-bond donors (Lipinski definition) is 1. The van der Waals surface area contributed by atoms with E-state index in [9.17, 15) is 9.90 Å². The van der Waals surface area contributed by atoms with Crippen LogP contribution in [-0.4, -0.2) is 97.1 Å². The third-order valence-corrected chi connectivity index (χ3v) is 13.5. The van der Waals surface area contributed by atoms with Gasteiger partial charge in [-0.25, -0.2) is 9.18 Å². The number of likely N-dealkylation sites (N-methyl/N-ethyl adjacent to an activating group) is 1. The fraction of sp³-hybridized carbons (Fsp3) is 0.477. The molecule has 57 heavy (non-hydrogen) atoms. The van der Waals surface area contributed by atoms with Gasteiger partial charge >= 0.3 is 12.1 Å². The highest BCUT2D eigenvalue weighted by molar-refractivity contribution is 14.1. The first-order valence-corrected chi connectivity index (χ1v) is 21.0. The van der Waals surface area contributed by atoms with Gasteiger partial charge in [-0.15, -0.1) is 0 Å². The number of nitrogens with zero attached hydrogens (tertiary/aromatic N) is 6. The van der Waals surface area contributed by atoms with Crippen molar-refractivity contribution in [2.75, 3.05) is 63.9 Å². The second-order valence-corrected chi connectivity index (χ2v) is 17.0. The molecular formula is C44H54FIN6O5. The van der Waals surface area contributed by atoms with Crippen molar-refractivity contribution in [3.63, 3.8) is 0 Å². The Kier molecular flexibility index (Phi) is 12.6. The molecule has 2 saturated heterocycles. The number of likely N-dealkylation sites (tertiary alicyclic amines) is 1. The lowest BCUT2D eigenvalue weighted by Crippen LogP contribution is -2.54. The van der Waals surface area contributed by atoms with E-state index in [4.69, 9.17) is 24.2 Å². The number of carbonyl (C=O) groups is 1. The van der Waals surface area contributed by atoms with Crippen LogP contribution in [0.25, 0.3) is 0 Å². The summed E-state index contributed by atoms with van der Waals surface area (Å²) in [6, 6.07) is 18.4. The minimum atomic E-state index is -0.909. The second-order valence-electron chi connectivity index (χ2n) is 15.9. The number of benzene rings is 3. The first kappa shape index (κ1) is 40.8. The van der Waals surface area contributed by atoms with Crippen molar-refractivity contribution in [2.45, 2.75) is 77.5 Å². The van der Waals surface area contributed by atoms with Crippen LogP contribution in [0.15, 0.2) is 54.6 Å². The zero-order chi connectivity index (χ0) is 40.4. The molecule has 0 spiro atoms. The van der Waals surface area contributed by atoms with E-state index < -0.39 is 6.09 Å². The Balaban J connectivity index is 1.26. The van der Waals surface area contributed by atoms with Crippen molar-refractivity contribution in [3.8, 4) is 17.5 Å². The number of ether oxygens (including phenoxy) is 3. The van der Waals surface area contributed by atoms with Crippen molar-refractivity contribution in [3.05, 3.63) is 97.5 Å². The van der Waals surface area contributed by atoms with E-state index in [1.807, 2.05) is 61.5 Å². The molecule has 0 radical (unpaired) electrons. The van der Waals surface area contributed by atoms with Gasteiger partial charge in [0.2, 0.25) is 0 Å². The average Bonchev–Trinajstić information content (AvgIpc) is 3.62. The monoisotopic (exact) mass is 892 g/mol. The van der Waals surface area contributed by atoms with Crippen molar-refractivity contribution >= 4 is 40.2 Å². The van der Waals surface area contributed by atoms with Gasteiger partial charge in [0.1, 0.15) is 23.9 Å². The quantitative estimate of drug-likeness (QED) is 0.141. The lowest BCUT2D eigenvalue weighted by atomic mass is 9.74. The average molecular weight is 893 g/mol. The minimum Gasteiger partial charge on any atom is -0.497 e. The maximum atomic E-state index is 17.7. The molecule has 7 rings (SSSR count). The molecule has 1 amide bonds. The lowest BCUT2D eigenvalue weighted by molar-refractivity contribution is 0.136. The predicted molar refractivity (Wildman–Crippen MR) is 229 cm³/mol. The highest BCUT2D eigenvalue weighted by atomic mass is 127. The summed E-state index contributed by atoms with van der Waals surface area (Å²) in [5.74, 6) is 2.07. The fourth-order valence-electron chi connectivity index (χ4n) is 8.71. The zero-order valence-electron chi connectivity index (χ0n) is 33.8. The Labute approximate surface area is 349 Å². The van der Waals surface area contributed by atoms with Gasteiger partial charge in [-0.3, -0.25) is 0 Å². The van der Waals surface area contributed by atoms with Gasteiger partial charge in [-0.05, 0) is 135 Å². The number of fused-ring (bicyclic) bond motifs is 1. The zero-order valence-corrected chi connectivity index (χ0v) is 36.0. The standard InChI is InChI=1S/C44H54FIN6O5/c1-27-20-36-37(47-43(57-26-32-8-7-17-49(32)4)48-42(36)52-19-18-50(44(53)54)23-29(52)3)22-35(27)39-40(45)38(21-28(2)41(39)46)51(24-30-9-13-33(55-5)14-10-30)25-31-11-15-34(56-6)16-12-31/h9-16,21,27,29,32,35H,7-8,17-20,22-26H2,1-6H3,(H,53,54)/t27-,29-,32-,35-/m0/s1. The number of methoxy groups -OCH3 is 2. The van der Waals surface area contributed by atoms with E-state index in [1.165, 1.54) is 4.90 Å². The lowest BCUT2D eigenvalue weighted by Gasteiger charge is -2.41. The number of anilines is 2. The summed E-state index contributed by atoms with van der Waals surface area (Å²) in [5.41, 5.74) is 6.30. The van der Waals surface area contributed by atoms with Gasteiger partial charge in [-0.2, -0.15) is 9.97 Å². The molecule has 0 bridgehead atoms. The molecule has 304 valence electrons. The smallest absolute Gasteiger partial charge is 0.407 e. The van der Waals surface area contributed by atoms with E-state index in [2.05, 4.69) is 58.2 Å². The molecular weight excluding hydrogens is 838 g/mol. The molecule has 2 fully saturated rings. The number of piperazine rings is 1. The topological polar surface area (TPSA) is 104 Å². The van der Waals surface area contributed by atoms with Gasteiger partial charge in [0, 0.05) is 59.5 Å². The highest BCUT2D eigenvalue weighted by Gasteiger charge is 2.38. The van der Waals surface area contributed by atoms with Crippen LogP contribution in [-0.2, 0) is 25.9 Å². The highest BCUT2D eigenvalue weighted by Crippen LogP contribution is 2.45. The summed E-state index contributed by atoms with van der Waals surface area (Å²) >= 11 is 2.33. The minimum absolute atomic E-state index is 0.0728. The van der Waals surface area contributed by atoms with Crippen molar-refractivity contribution < 1.29 is 28.5 Å². The molecule has 0 unspecified atom stereocenters. The Morgan fingerprint density at radius 1 is 0.965 bits per heavy atom. The maximum absolute atomic E-state index is 17.7. The Hall–Kier alpha value is -4.37. The summed E-state index contributed by atoms with van der Waals surface area (Å²) in [4.78, 5) is 30.1. The van der Waals surface area contributed by atoms with Crippen LogP contribution >= 0.6 is 22.6 Å². The third kappa shape index (κ3) is 8.89. The van der Waals surface area contributed by atoms with Crippen molar-refractivity contribution in [2.24, 2.45) is 5.92 Å². The second kappa shape index (κ2) is 17.6. The van der Waals surface area contributed by atoms with Crippen molar-refractivity contribution in [1.82, 2.24) is 19.8 Å². The number of carboxylic acid groups (broad SMARTS) is 1. The van der Waals surface area contributed by atoms with E-state index in [-0.39, 0.29) is 23.7 Å². The van der Waals surface area contributed by atoms with Crippen LogP contribution in [0.3, 0.4) is 0 Å². The largest absolute Gasteiger partial charge is 0.497 e. The number of halogens is 2. The van der Waals surface area contributed by atoms with Crippen LogP contribution in [0.5, 0.6) is 17.5 Å². The first-order chi connectivity index (χ1) is 27.4. The molecule has 4 aromatic rings. The summed E-state index contributed by atoms with van der Waals surface area (Å²) in [5, 5.41) is 9.74. The van der Waals surface area contributed by atoms with Crippen LogP contribution < -0.4 is 24.0 Å². The molecule has 13 heteroatoms. The van der Waals surface area contributed by atoms with Crippen LogP contribution in [0.4, 0.5) is 20.7 Å². The van der Waals surface area contributed by atoms with Gasteiger partial charge in [-0.1, -0.05) is 31.2 Å². The Morgan fingerprint density at radius 3 is 2.18 bits per heavy atom. The Bertz CT molecular complexity index is 2000.